The number of hydrogen-bond acceptors (Lipinski definition) is 3. The molecule has 4 heteroatoms. The van der Waals surface area contributed by atoms with Crippen LogP contribution in [-0.2, 0) is 5.54 Å². The third-order valence-electron chi connectivity index (χ3n) is 3.32. The minimum absolute atomic E-state index is 0.0810. The first-order chi connectivity index (χ1) is 7.77. The van der Waals surface area contributed by atoms with E-state index in [2.05, 4.69) is 22.1 Å². The first-order valence-corrected chi connectivity index (χ1v) is 6.79. The summed E-state index contributed by atoms with van der Waals surface area (Å²) >= 11 is 1.71. The van der Waals surface area contributed by atoms with Gasteiger partial charge in [-0.2, -0.15) is 11.3 Å². The highest BCUT2D eigenvalue weighted by Crippen LogP contribution is 2.34. The molecule has 16 heavy (non-hydrogen) atoms. The minimum atomic E-state index is -0.0810. The summed E-state index contributed by atoms with van der Waals surface area (Å²) in [5, 5.41) is 15.6. The van der Waals surface area contributed by atoms with Gasteiger partial charge in [0.25, 0.3) is 0 Å². The molecule has 88 valence electrons. The van der Waals surface area contributed by atoms with Gasteiger partial charge in [-0.15, -0.1) is 0 Å². The molecule has 0 aromatic carbocycles. The lowest BCUT2D eigenvalue weighted by molar-refractivity contribution is 0.339. The maximum Gasteiger partial charge on any atom is 0.0938 e. The summed E-state index contributed by atoms with van der Waals surface area (Å²) in [6, 6.07) is 2.16. The van der Waals surface area contributed by atoms with Crippen molar-refractivity contribution in [3.63, 3.8) is 0 Å². The van der Waals surface area contributed by atoms with Crippen LogP contribution >= 0.6 is 11.3 Å². The molecule has 0 spiro atoms. The number of thiophene rings is 1. The predicted molar refractivity (Wildman–Crippen MR) is 69.0 cm³/mol. The first kappa shape index (κ1) is 11.6. The summed E-state index contributed by atoms with van der Waals surface area (Å²) in [5.41, 5.74) is 6.96. The Morgan fingerprint density at radius 2 is 2.38 bits per heavy atom. The zero-order valence-corrected chi connectivity index (χ0v) is 10.3. The van der Waals surface area contributed by atoms with Crippen molar-refractivity contribution in [1.29, 1.82) is 5.41 Å². The molecule has 1 aromatic rings. The second kappa shape index (κ2) is 4.97. The molecule has 1 unspecified atom stereocenters. The van der Waals surface area contributed by atoms with Crippen molar-refractivity contribution in [2.24, 2.45) is 5.73 Å². The van der Waals surface area contributed by atoms with Gasteiger partial charge in [-0.25, -0.2) is 0 Å². The minimum Gasteiger partial charge on any atom is -0.364 e. The van der Waals surface area contributed by atoms with E-state index in [9.17, 15) is 0 Å². The van der Waals surface area contributed by atoms with Crippen LogP contribution in [0.1, 0.15) is 37.7 Å². The van der Waals surface area contributed by atoms with Gasteiger partial charge in [-0.3, -0.25) is 5.41 Å². The third kappa shape index (κ3) is 2.28. The summed E-state index contributed by atoms with van der Waals surface area (Å²) in [7, 11) is 0. The normalized spacial score (nSPS) is 26.2. The summed E-state index contributed by atoms with van der Waals surface area (Å²) in [6.07, 6.45) is 5.15. The summed E-state index contributed by atoms with van der Waals surface area (Å²) in [5.74, 6) is 0.664. The average Bonchev–Trinajstić information content (AvgIpc) is 2.72. The van der Waals surface area contributed by atoms with Gasteiger partial charge in [0, 0.05) is 6.42 Å². The standard InChI is InChI=1S/C12H19N3S/c13-7-6-12(10-4-8-16-9-10)5-2-1-3-11(14)15-12/h4,8-9H,1-3,5-7,13H2,(H2,14,15). The van der Waals surface area contributed by atoms with Crippen molar-refractivity contribution in [3.05, 3.63) is 22.4 Å². The molecule has 1 aromatic heterocycles. The molecule has 2 heterocycles. The van der Waals surface area contributed by atoms with Crippen LogP contribution in [0, 0.1) is 5.41 Å². The predicted octanol–water partition coefficient (Wildman–Crippen LogP) is 2.43. The van der Waals surface area contributed by atoms with Crippen LogP contribution in [0.5, 0.6) is 0 Å². The van der Waals surface area contributed by atoms with Gasteiger partial charge in [0.1, 0.15) is 0 Å². The van der Waals surface area contributed by atoms with Crippen LogP contribution in [0.3, 0.4) is 0 Å². The van der Waals surface area contributed by atoms with E-state index in [-0.39, 0.29) is 5.54 Å². The lowest BCUT2D eigenvalue weighted by Gasteiger charge is -2.34. The van der Waals surface area contributed by atoms with E-state index in [0.717, 1.165) is 25.7 Å². The van der Waals surface area contributed by atoms with E-state index in [4.69, 9.17) is 11.1 Å². The topological polar surface area (TPSA) is 61.9 Å². The molecule has 0 radical (unpaired) electrons. The SMILES string of the molecule is N=C1CCCCC(CCN)(c2ccsc2)N1. The Balaban J connectivity index is 2.29. The molecule has 1 aliphatic rings. The van der Waals surface area contributed by atoms with Gasteiger partial charge in [-0.05, 0) is 48.2 Å². The zero-order valence-electron chi connectivity index (χ0n) is 9.46. The molecule has 1 fully saturated rings. The van der Waals surface area contributed by atoms with Crippen molar-refractivity contribution in [3.8, 4) is 0 Å². The molecule has 2 rings (SSSR count). The van der Waals surface area contributed by atoms with Crippen molar-refractivity contribution in [2.75, 3.05) is 6.54 Å². The molecule has 0 amide bonds. The molecule has 1 aliphatic heterocycles. The number of rotatable bonds is 3. The van der Waals surface area contributed by atoms with Gasteiger partial charge in [0.05, 0.1) is 11.4 Å². The van der Waals surface area contributed by atoms with Crippen LogP contribution in [0.2, 0.25) is 0 Å². The number of nitrogens with two attached hydrogens (primary N) is 1. The average molecular weight is 237 g/mol. The fourth-order valence-electron chi connectivity index (χ4n) is 2.47. The monoisotopic (exact) mass is 237 g/mol. The van der Waals surface area contributed by atoms with Crippen molar-refractivity contribution < 1.29 is 0 Å². The number of nitrogens with one attached hydrogen (secondary N) is 2. The molecule has 1 saturated heterocycles. The second-order valence-corrected chi connectivity index (χ2v) is 5.22. The van der Waals surface area contributed by atoms with Crippen molar-refractivity contribution in [1.82, 2.24) is 5.32 Å². The van der Waals surface area contributed by atoms with Crippen molar-refractivity contribution >= 4 is 17.2 Å². The van der Waals surface area contributed by atoms with Gasteiger partial charge < -0.3 is 11.1 Å². The Morgan fingerprint density at radius 3 is 3.06 bits per heavy atom. The highest BCUT2D eigenvalue weighted by molar-refractivity contribution is 7.08. The third-order valence-corrected chi connectivity index (χ3v) is 4.00. The Bertz CT molecular complexity index is 347. The fourth-order valence-corrected chi connectivity index (χ4v) is 3.23. The molecule has 0 bridgehead atoms. The quantitative estimate of drug-likeness (QED) is 0.756. The highest BCUT2D eigenvalue weighted by atomic mass is 32.1. The van der Waals surface area contributed by atoms with E-state index < -0.39 is 0 Å². The fraction of sp³-hybridized carbons (Fsp3) is 0.583. The summed E-state index contributed by atoms with van der Waals surface area (Å²) < 4.78 is 0. The van der Waals surface area contributed by atoms with Crippen LogP contribution in [0.15, 0.2) is 16.8 Å². The van der Waals surface area contributed by atoms with E-state index in [0.29, 0.717) is 12.4 Å². The van der Waals surface area contributed by atoms with E-state index in [1.54, 1.807) is 11.3 Å². The Labute approximate surface area is 101 Å². The molecule has 4 N–H and O–H groups in total. The molecule has 0 aliphatic carbocycles. The number of amidine groups is 1. The van der Waals surface area contributed by atoms with Crippen LogP contribution < -0.4 is 11.1 Å². The Kier molecular flexibility index (Phi) is 3.61. The van der Waals surface area contributed by atoms with Crippen LogP contribution in [-0.4, -0.2) is 12.4 Å². The maximum atomic E-state index is 7.92. The summed E-state index contributed by atoms with van der Waals surface area (Å²) in [4.78, 5) is 0. The Morgan fingerprint density at radius 1 is 1.50 bits per heavy atom. The molecular weight excluding hydrogens is 218 g/mol. The first-order valence-electron chi connectivity index (χ1n) is 5.85. The van der Waals surface area contributed by atoms with E-state index in [1.807, 2.05) is 0 Å². The van der Waals surface area contributed by atoms with Crippen LogP contribution in [0.4, 0.5) is 0 Å². The lowest BCUT2D eigenvalue weighted by Crippen LogP contribution is -2.45. The van der Waals surface area contributed by atoms with Gasteiger partial charge >= 0.3 is 0 Å². The molecule has 0 saturated carbocycles. The van der Waals surface area contributed by atoms with Gasteiger partial charge in [-0.1, -0.05) is 6.42 Å². The largest absolute Gasteiger partial charge is 0.364 e. The van der Waals surface area contributed by atoms with Gasteiger partial charge in [0.2, 0.25) is 0 Å². The van der Waals surface area contributed by atoms with Crippen LogP contribution in [0.25, 0.3) is 0 Å². The van der Waals surface area contributed by atoms with E-state index >= 15 is 0 Å². The smallest absolute Gasteiger partial charge is 0.0938 e. The summed E-state index contributed by atoms with van der Waals surface area (Å²) in [6.45, 7) is 0.663. The molecule has 1 atom stereocenters. The highest BCUT2D eigenvalue weighted by Gasteiger charge is 2.33. The second-order valence-electron chi connectivity index (χ2n) is 4.44. The van der Waals surface area contributed by atoms with E-state index in [1.165, 1.54) is 12.0 Å². The Hall–Kier alpha value is -0.870. The maximum absolute atomic E-state index is 7.92. The molecular formula is C12H19N3S. The zero-order chi connectivity index (χ0) is 11.4. The van der Waals surface area contributed by atoms with Crippen molar-refractivity contribution in [2.45, 2.75) is 37.6 Å². The lowest BCUT2D eigenvalue weighted by atomic mass is 9.84. The van der Waals surface area contributed by atoms with Gasteiger partial charge in [0.15, 0.2) is 0 Å². The number of hydrogen-bond donors (Lipinski definition) is 3. The molecule has 3 nitrogen and oxygen atoms in total.